The van der Waals surface area contributed by atoms with Crippen molar-refractivity contribution in [3.8, 4) is 0 Å². The van der Waals surface area contributed by atoms with Crippen LogP contribution in [0.25, 0.3) is 20.9 Å². The van der Waals surface area contributed by atoms with E-state index in [0.29, 0.717) is 6.42 Å². The van der Waals surface area contributed by atoms with Crippen molar-refractivity contribution in [3.05, 3.63) is 20.9 Å². The van der Waals surface area contributed by atoms with Gasteiger partial charge in [0.05, 0.1) is 30.5 Å². The van der Waals surface area contributed by atoms with Crippen LogP contribution in [0.5, 0.6) is 0 Å². The van der Waals surface area contributed by atoms with Gasteiger partial charge in [-0.15, -0.1) is 0 Å². The van der Waals surface area contributed by atoms with E-state index < -0.39 is 71.0 Å². The summed E-state index contributed by atoms with van der Waals surface area (Å²) >= 11 is 17.4. The van der Waals surface area contributed by atoms with Gasteiger partial charge in [-0.3, -0.25) is 10.2 Å². The number of carbonyl (C=O) groups excluding carboxylic acids is 1. The summed E-state index contributed by atoms with van der Waals surface area (Å²) in [5.74, 6) is -1.83. The van der Waals surface area contributed by atoms with Gasteiger partial charge in [0, 0.05) is 15.7 Å². The molecule has 45 heavy (non-hydrogen) atoms. The first-order valence-corrected chi connectivity index (χ1v) is 16.4. The molecule has 14 nitrogen and oxygen atoms in total. The number of carbonyl (C=O) groups is 1. The van der Waals surface area contributed by atoms with Gasteiger partial charge in [-0.25, -0.2) is 0 Å². The lowest BCUT2D eigenvalue weighted by Crippen LogP contribution is -2.60. The number of Topliss-reactive ketones (excluding diaryl/α,β-unsaturated/α-hetero) is 1. The number of azide groups is 2. The second-order valence-corrected chi connectivity index (χ2v) is 14.6. The number of nitrogens with one attached hydrogen (secondary N) is 1. The van der Waals surface area contributed by atoms with Crippen LogP contribution >= 0.6 is 34.8 Å². The molecule has 17 heteroatoms. The number of rotatable bonds is 10. The fourth-order valence-electron chi connectivity index (χ4n) is 6.38. The van der Waals surface area contributed by atoms with Crippen molar-refractivity contribution in [2.45, 2.75) is 133 Å². The summed E-state index contributed by atoms with van der Waals surface area (Å²) in [7, 11) is 0. The fourth-order valence-corrected chi connectivity index (χ4v) is 6.52. The molecule has 0 spiro atoms. The molecule has 0 saturated carbocycles. The lowest BCUT2D eigenvalue weighted by Gasteiger charge is -2.50. The third-order valence-corrected chi connectivity index (χ3v) is 10.1. The van der Waals surface area contributed by atoms with Gasteiger partial charge in [0.25, 0.3) is 3.79 Å². The molecule has 3 saturated heterocycles. The summed E-state index contributed by atoms with van der Waals surface area (Å²) in [5.41, 5.74) is 18.6. The Morgan fingerprint density at radius 2 is 1.31 bits per heavy atom. The van der Waals surface area contributed by atoms with Gasteiger partial charge in [0.2, 0.25) is 12.2 Å². The summed E-state index contributed by atoms with van der Waals surface area (Å²) in [4.78, 5) is 19.0. The molecule has 3 aliphatic rings. The molecular formula is C28H44Cl3N7O7. The third-order valence-electron chi connectivity index (χ3n) is 9.56. The maximum Gasteiger partial charge on any atom is 0.265 e. The Labute approximate surface area is 278 Å². The molecule has 0 aliphatic carbocycles. The number of ether oxygens (including phenoxy) is 6. The van der Waals surface area contributed by atoms with E-state index >= 15 is 0 Å². The molecule has 0 aromatic rings. The average Bonchev–Trinajstić information content (AvgIpc) is 2.98. The van der Waals surface area contributed by atoms with Crippen LogP contribution in [0.15, 0.2) is 10.2 Å². The van der Waals surface area contributed by atoms with Crippen LogP contribution in [0.3, 0.4) is 0 Å². The van der Waals surface area contributed by atoms with Crippen LogP contribution in [0.4, 0.5) is 0 Å². The van der Waals surface area contributed by atoms with Crippen LogP contribution in [0.2, 0.25) is 0 Å². The maximum atomic E-state index is 13.0. The van der Waals surface area contributed by atoms with E-state index in [9.17, 15) is 15.9 Å². The van der Waals surface area contributed by atoms with E-state index in [-0.39, 0.29) is 35.6 Å². The summed E-state index contributed by atoms with van der Waals surface area (Å²) in [6.07, 6.45) is -4.74. The monoisotopic (exact) mass is 695 g/mol. The zero-order valence-corrected chi connectivity index (χ0v) is 29.0. The van der Waals surface area contributed by atoms with Crippen molar-refractivity contribution >= 4 is 46.5 Å². The van der Waals surface area contributed by atoms with Crippen molar-refractivity contribution in [1.82, 2.24) is 0 Å². The quantitative estimate of drug-likeness (QED) is 0.0620. The predicted octanol–water partition coefficient (Wildman–Crippen LogP) is 7.24. The molecule has 0 aromatic heterocycles. The molecule has 4 unspecified atom stereocenters. The number of hydrogen-bond donors (Lipinski definition) is 1. The Kier molecular flexibility index (Phi) is 13.5. The smallest absolute Gasteiger partial charge is 0.265 e. The Balaban J connectivity index is 1.84. The number of hydrogen-bond acceptors (Lipinski definition) is 10. The van der Waals surface area contributed by atoms with Crippen molar-refractivity contribution in [2.24, 2.45) is 39.8 Å². The Morgan fingerprint density at radius 1 is 0.778 bits per heavy atom. The summed E-state index contributed by atoms with van der Waals surface area (Å²) < 4.78 is 35.1. The molecule has 0 bridgehead atoms. The van der Waals surface area contributed by atoms with E-state index in [1.807, 2.05) is 34.6 Å². The Hall–Kier alpha value is -1.57. The van der Waals surface area contributed by atoms with Gasteiger partial charge in [0.1, 0.15) is 12.1 Å². The zero-order valence-electron chi connectivity index (χ0n) is 26.7. The number of alkyl halides is 3. The van der Waals surface area contributed by atoms with E-state index in [0.717, 1.165) is 6.42 Å². The highest BCUT2D eigenvalue weighted by atomic mass is 35.6. The van der Waals surface area contributed by atoms with Crippen molar-refractivity contribution in [3.63, 3.8) is 0 Å². The fraction of sp³-hybridized carbons (Fsp3) is 0.929. The van der Waals surface area contributed by atoms with Gasteiger partial charge < -0.3 is 28.4 Å². The molecule has 254 valence electrons. The van der Waals surface area contributed by atoms with Gasteiger partial charge in [-0.2, -0.15) is 0 Å². The first-order valence-electron chi connectivity index (χ1n) is 15.3. The molecule has 0 radical (unpaired) electrons. The number of halogens is 3. The minimum absolute atomic E-state index is 0.0113. The molecule has 3 fully saturated rings. The largest absolute Gasteiger partial charge is 0.448 e. The maximum absolute atomic E-state index is 13.0. The first kappa shape index (κ1) is 37.9. The van der Waals surface area contributed by atoms with Crippen LogP contribution in [0.1, 0.15) is 68.2 Å². The summed E-state index contributed by atoms with van der Waals surface area (Å²) in [6.45, 7) is 15.1. The van der Waals surface area contributed by atoms with Crippen LogP contribution in [-0.4, -0.2) is 76.9 Å². The average molecular weight is 697 g/mol. The van der Waals surface area contributed by atoms with Crippen molar-refractivity contribution < 1.29 is 33.2 Å². The highest BCUT2D eigenvalue weighted by molar-refractivity contribution is 6.76. The molecule has 3 heterocycles. The number of ketones is 1. The van der Waals surface area contributed by atoms with Gasteiger partial charge in [0.15, 0.2) is 18.4 Å². The third kappa shape index (κ3) is 8.48. The molecule has 1 N–H and O–H groups in total. The standard InChI is InChI=1S/C28H44Cl3N7O7/c1-9-17-11(3)12(4)19(35-37-33)25(40-17)43-22-13(5)14(6)24(44-23(22)16(8)39)42-21-15(7)20(36-38-34)26(41-18(21)10-2)45-27(32)28(29,30)31/h11-15,17-26,32H,9-10H2,1-8H3/t11-,12-,13+,14?,15+,17-,18-,19?,20?,21-,22-,23-,24+,25+,26?/m0/s1. The lowest BCUT2D eigenvalue weighted by atomic mass is 9.80. The van der Waals surface area contributed by atoms with E-state index in [1.165, 1.54) is 6.92 Å². The van der Waals surface area contributed by atoms with E-state index in [4.69, 9.17) is 68.6 Å². The SMILES string of the molecule is CC[C@@H]1O[C@H](O[C@H]2[C@H](C)C(C)[C@H](O[C@@H]3[C@H](CC)OC(OC(=N)C(Cl)(Cl)Cl)C(N=[N+]=[N-])[C@H]3C)O[C@H]2C(C)=O)C(N=[N+]=[N-])[C@@H](C)[C@@H]1C. The molecule has 15 atom stereocenters. The van der Waals surface area contributed by atoms with Gasteiger partial charge in [-0.05, 0) is 54.5 Å². The topological polar surface area (TPSA) is 194 Å². The highest BCUT2D eigenvalue weighted by Gasteiger charge is 2.52. The van der Waals surface area contributed by atoms with Crippen molar-refractivity contribution in [1.29, 1.82) is 5.41 Å². The van der Waals surface area contributed by atoms with Crippen LogP contribution in [0, 0.1) is 35.0 Å². The minimum Gasteiger partial charge on any atom is -0.448 e. The normalized spacial score (nSPS) is 42.2. The molecule has 3 rings (SSSR count). The van der Waals surface area contributed by atoms with E-state index in [2.05, 4.69) is 27.0 Å². The van der Waals surface area contributed by atoms with Crippen LogP contribution < -0.4 is 0 Å². The Morgan fingerprint density at radius 3 is 1.82 bits per heavy atom. The number of nitrogens with zero attached hydrogens (tertiary/aromatic N) is 6. The Bertz CT molecular complexity index is 1150. The lowest BCUT2D eigenvalue weighted by molar-refractivity contribution is -0.332. The molecule has 3 aliphatic heterocycles. The summed E-state index contributed by atoms with van der Waals surface area (Å²) in [5, 5.41) is 15.8. The van der Waals surface area contributed by atoms with Crippen LogP contribution in [-0.2, 0) is 33.2 Å². The summed E-state index contributed by atoms with van der Waals surface area (Å²) in [6, 6.07) is -1.53. The second kappa shape index (κ2) is 16.0. The molecule has 0 amide bonds. The highest BCUT2D eigenvalue weighted by Crippen LogP contribution is 2.42. The predicted molar refractivity (Wildman–Crippen MR) is 168 cm³/mol. The molecule has 0 aromatic carbocycles. The van der Waals surface area contributed by atoms with Crippen molar-refractivity contribution in [2.75, 3.05) is 0 Å². The van der Waals surface area contributed by atoms with E-state index in [1.54, 1.807) is 6.92 Å². The first-order chi connectivity index (χ1) is 21.1. The molecular weight excluding hydrogens is 653 g/mol. The van der Waals surface area contributed by atoms with Gasteiger partial charge in [-0.1, -0.05) is 93.5 Å². The zero-order chi connectivity index (χ0) is 33.8. The minimum atomic E-state index is -2.14. The van der Waals surface area contributed by atoms with Gasteiger partial charge >= 0.3 is 0 Å². The second-order valence-electron chi connectivity index (χ2n) is 12.3.